The first-order valence-electron chi connectivity index (χ1n) is 11.7. The van der Waals surface area contributed by atoms with Crippen LogP contribution in [-0.2, 0) is 22.9 Å². The van der Waals surface area contributed by atoms with Gasteiger partial charge in [-0.05, 0) is 47.4 Å². The number of nitrogens with one attached hydrogen (secondary N) is 1. The highest BCUT2D eigenvalue weighted by atomic mass is 35.5. The van der Waals surface area contributed by atoms with Gasteiger partial charge < -0.3 is 15.0 Å². The standard InChI is InChI=1S/C27H28ClN3O4S/c1-4-36(34,35)22-11-7-18(8-12-22)14-30-26(32)20-13-23-24(29-15-20)25(17(2)3)31(27(23)33)16-19-5-9-21(28)10-6-19/h5-13,15,17,33H,4,14,16H2,1-3H3,(H,30,32). The Morgan fingerprint density at radius 2 is 1.72 bits per heavy atom. The molecular weight excluding hydrogens is 498 g/mol. The van der Waals surface area contributed by atoms with Crippen LogP contribution in [0.25, 0.3) is 10.9 Å². The van der Waals surface area contributed by atoms with Gasteiger partial charge in [0.1, 0.15) is 0 Å². The molecule has 1 amide bonds. The summed E-state index contributed by atoms with van der Waals surface area (Å²) in [4.78, 5) is 17.6. The van der Waals surface area contributed by atoms with E-state index in [0.717, 1.165) is 16.8 Å². The monoisotopic (exact) mass is 525 g/mol. The van der Waals surface area contributed by atoms with Crippen LogP contribution in [0.4, 0.5) is 0 Å². The molecule has 36 heavy (non-hydrogen) atoms. The van der Waals surface area contributed by atoms with Gasteiger partial charge in [0.15, 0.2) is 9.84 Å². The number of amides is 1. The number of carbonyl (C=O) groups is 1. The highest BCUT2D eigenvalue weighted by molar-refractivity contribution is 7.91. The number of nitrogens with zero attached hydrogens (tertiary/aromatic N) is 2. The molecule has 2 aromatic carbocycles. The number of pyridine rings is 1. The number of rotatable bonds is 8. The second-order valence-electron chi connectivity index (χ2n) is 8.93. The molecule has 0 bridgehead atoms. The van der Waals surface area contributed by atoms with Crippen molar-refractivity contribution in [2.75, 3.05) is 5.75 Å². The molecule has 7 nitrogen and oxygen atoms in total. The molecule has 0 saturated heterocycles. The minimum atomic E-state index is -3.27. The van der Waals surface area contributed by atoms with E-state index in [1.54, 1.807) is 37.3 Å². The van der Waals surface area contributed by atoms with E-state index in [9.17, 15) is 18.3 Å². The summed E-state index contributed by atoms with van der Waals surface area (Å²) in [5.41, 5.74) is 3.60. The summed E-state index contributed by atoms with van der Waals surface area (Å²) in [7, 11) is -3.27. The van der Waals surface area contributed by atoms with Crippen molar-refractivity contribution in [2.24, 2.45) is 0 Å². The number of halogens is 1. The minimum Gasteiger partial charge on any atom is -0.494 e. The predicted octanol–water partition coefficient (Wildman–Crippen LogP) is 5.29. The third-order valence-electron chi connectivity index (χ3n) is 6.10. The van der Waals surface area contributed by atoms with Crippen LogP contribution in [0, 0.1) is 0 Å². The first-order valence-corrected chi connectivity index (χ1v) is 13.7. The van der Waals surface area contributed by atoms with Crippen molar-refractivity contribution in [1.82, 2.24) is 14.9 Å². The van der Waals surface area contributed by atoms with Crippen molar-refractivity contribution in [3.05, 3.63) is 88.2 Å². The zero-order valence-corrected chi connectivity index (χ0v) is 21.9. The van der Waals surface area contributed by atoms with Gasteiger partial charge in [0.05, 0.1) is 39.4 Å². The minimum absolute atomic E-state index is 0.0331. The van der Waals surface area contributed by atoms with Gasteiger partial charge in [-0.15, -0.1) is 0 Å². The molecule has 2 heterocycles. The quantitative estimate of drug-likeness (QED) is 0.325. The van der Waals surface area contributed by atoms with Gasteiger partial charge in [0.25, 0.3) is 5.91 Å². The fraction of sp³-hybridized carbons (Fsp3) is 0.259. The molecule has 4 aromatic rings. The van der Waals surface area contributed by atoms with Gasteiger partial charge in [-0.1, -0.05) is 56.6 Å². The number of sulfone groups is 1. The second kappa shape index (κ2) is 10.3. The average Bonchev–Trinajstić information content (AvgIpc) is 3.15. The maximum Gasteiger partial charge on any atom is 0.253 e. The molecule has 0 unspecified atom stereocenters. The highest BCUT2D eigenvalue weighted by Crippen LogP contribution is 2.35. The molecule has 0 radical (unpaired) electrons. The number of fused-ring (bicyclic) bond motifs is 1. The Bertz CT molecular complexity index is 1510. The Kier molecular flexibility index (Phi) is 7.38. The number of hydrogen-bond donors (Lipinski definition) is 2. The van der Waals surface area contributed by atoms with Crippen molar-refractivity contribution in [2.45, 2.75) is 44.7 Å². The number of benzene rings is 2. The first kappa shape index (κ1) is 25.7. The third kappa shape index (κ3) is 5.24. The van der Waals surface area contributed by atoms with Crippen molar-refractivity contribution < 1.29 is 18.3 Å². The molecule has 0 saturated carbocycles. The van der Waals surface area contributed by atoms with E-state index in [1.807, 2.05) is 42.7 Å². The van der Waals surface area contributed by atoms with E-state index < -0.39 is 9.84 Å². The van der Waals surface area contributed by atoms with E-state index in [-0.39, 0.29) is 34.9 Å². The summed E-state index contributed by atoms with van der Waals surface area (Å²) in [5, 5.41) is 15.1. The number of carbonyl (C=O) groups excluding carboxylic acids is 1. The van der Waals surface area contributed by atoms with E-state index in [4.69, 9.17) is 11.6 Å². The van der Waals surface area contributed by atoms with Crippen molar-refractivity contribution >= 4 is 38.2 Å². The predicted molar refractivity (Wildman–Crippen MR) is 141 cm³/mol. The van der Waals surface area contributed by atoms with Crippen LogP contribution in [0.15, 0.2) is 65.7 Å². The Balaban J connectivity index is 1.57. The lowest BCUT2D eigenvalue weighted by molar-refractivity contribution is 0.0950. The molecule has 2 aromatic heterocycles. The lowest BCUT2D eigenvalue weighted by atomic mass is 10.1. The van der Waals surface area contributed by atoms with Crippen LogP contribution in [0.1, 0.15) is 53.9 Å². The Labute approximate surface area is 215 Å². The van der Waals surface area contributed by atoms with Gasteiger partial charge >= 0.3 is 0 Å². The highest BCUT2D eigenvalue weighted by Gasteiger charge is 2.22. The van der Waals surface area contributed by atoms with Crippen molar-refractivity contribution in [1.29, 1.82) is 0 Å². The summed E-state index contributed by atoms with van der Waals surface area (Å²) in [6, 6.07) is 15.5. The molecular formula is C27H28ClN3O4S. The molecule has 0 spiro atoms. The molecule has 0 atom stereocenters. The Morgan fingerprint density at radius 1 is 1.08 bits per heavy atom. The van der Waals surface area contributed by atoms with Crippen LogP contribution >= 0.6 is 11.6 Å². The van der Waals surface area contributed by atoms with Gasteiger partial charge in [-0.3, -0.25) is 9.78 Å². The molecule has 9 heteroatoms. The molecule has 2 N–H and O–H groups in total. The van der Waals surface area contributed by atoms with Crippen LogP contribution in [0.3, 0.4) is 0 Å². The third-order valence-corrected chi connectivity index (χ3v) is 8.10. The smallest absolute Gasteiger partial charge is 0.253 e. The van der Waals surface area contributed by atoms with E-state index >= 15 is 0 Å². The normalized spacial score (nSPS) is 11.8. The molecule has 4 rings (SSSR count). The summed E-state index contributed by atoms with van der Waals surface area (Å²) in [5.74, 6) is -0.165. The van der Waals surface area contributed by atoms with Gasteiger partial charge in [0.2, 0.25) is 5.88 Å². The van der Waals surface area contributed by atoms with Gasteiger partial charge in [0, 0.05) is 17.8 Å². The zero-order valence-electron chi connectivity index (χ0n) is 20.3. The Hall–Kier alpha value is -3.36. The fourth-order valence-corrected chi connectivity index (χ4v) is 5.14. The van der Waals surface area contributed by atoms with E-state index in [1.165, 1.54) is 6.20 Å². The first-order chi connectivity index (χ1) is 17.1. The van der Waals surface area contributed by atoms with E-state index in [0.29, 0.717) is 28.0 Å². The maximum absolute atomic E-state index is 12.8. The second-order valence-corrected chi connectivity index (χ2v) is 11.6. The molecule has 0 aliphatic carbocycles. The zero-order chi connectivity index (χ0) is 26.0. The van der Waals surface area contributed by atoms with Crippen LogP contribution < -0.4 is 5.32 Å². The number of aromatic nitrogens is 2. The van der Waals surface area contributed by atoms with Gasteiger partial charge in [-0.25, -0.2) is 8.42 Å². The number of hydrogen-bond acceptors (Lipinski definition) is 5. The topological polar surface area (TPSA) is 101 Å². The molecule has 188 valence electrons. The SMILES string of the molecule is CCS(=O)(=O)c1ccc(CNC(=O)c2cnc3c(C(C)C)n(Cc4ccc(Cl)cc4)c(O)c3c2)cc1. The van der Waals surface area contributed by atoms with Crippen LogP contribution in [0.2, 0.25) is 5.02 Å². The Morgan fingerprint density at radius 3 is 2.33 bits per heavy atom. The molecule has 0 aliphatic rings. The van der Waals surface area contributed by atoms with Crippen molar-refractivity contribution in [3.8, 4) is 5.88 Å². The van der Waals surface area contributed by atoms with Crippen LogP contribution in [-0.4, -0.2) is 34.7 Å². The average molecular weight is 526 g/mol. The lowest BCUT2D eigenvalue weighted by Gasteiger charge is -2.13. The largest absolute Gasteiger partial charge is 0.494 e. The van der Waals surface area contributed by atoms with Crippen LogP contribution in [0.5, 0.6) is 5.88 Å². The fourth-order valence-electron chi connectivity index (χ4n) is 4.13. The summed E-state index contributed by atoms with van der Waals surface area (Å²) < 4.78 is 25.8. The maximum atomic E-state index is 12.8. The van der Waals surface area contributed by atoms with Gasteiger partial charge in [-0.2, -0.15) is 0 Å². The summed E-state index contributed by atoms with van der Waals surface area (Å²) >= 11 is 6.01. The summed E-state index contributed by atoms with van der Waals surface area (Å²) in [6.45, 7) is 6.34. The number of aromatic hydroxyl groups is 1. The summed E-state index contributed by atoms with van der Waals surface area (Å²) in [6.07, 6.45) is 1.51. The van der Waals surface area contributed by atoms with Crippen molar-refractivity contribution in [3.63, 3.8) is 0 Å². The molecule has 0 aliphatic heterocycles. The van der Waals surface area contributed by atoms with E-state index in [2.05, 4.69) is 10.3 Å². The molecule has 0 fully saturated rings. The lowest BCUT2D eigenvalue weighted by Crippen LogP contribution is -2.22.